The monoisotopic (exact) mass is 375 g/mol. The number of benzene rings is 1. The normalized spacial score (nSPS) is 15.8. The Morgan fingerprint density at radius 1 is 1.48 bits per heavy atom. The second kappa shape index (κ2) is 6.16. The quantitative estimate of drug-likeness (QED) is 0.763. The van der Waals surface area contributed by atoms with Crippen molar-refractivity contribution < 1.29 is 9.53 Å². The first-order chi connectivity index (χ1) is 12.0. The van der Waals surface area contributed by atoms with Gasteiger partial charge in [0.05, 0.1) is 12.1 Å². The van der Waals surface area contributed by atoms with Crippen molar-refractivity contribution in [1.29, 1.82) is 0 Å². The minimum atomic E-state index is -0.588. The first kappa shape index (κ1) is 16.1. The molecule has 1 unspecified atom stereocenters. The van der Waals surface area contributed by atoms with Gasteiger partial charge in [0.15, 0.2) is 6.10 Å². The van der Waals surface area contributed by atoms with Gasteiger partial charge in [0, 0.05) is 18.5 Å². The van der Waals surface area contributed by atoms with E-state index in [0.29, 0.717) is 33.2 Å². The standard InChI is InChI=1S/C17H14ClN3O3S/c1-21(8-14-19-11-4-5-25-15(11)16(22)20-14)17(23)13-7-9-6-10(18)2-3-12(9)24-13/h2-6,13H,7-8H2,1H3,(H,19,20,22). The minimum absolute atomic E-state index is 0.166. The Kier molecular flexibility index (Phi) is 3.97. The number of aromatic amines is 1. The molecule has 128 valence electrons. The lowest BCUT2D eigenvalue weighted by Crippen LogP contribution is -2.39. The molecule has 3 aromatic rings. The van der Waals surface area contributed by atoms with Crippen LogP contribution in [0.2, 0.25) is 5.02 Å². The van der Waals surface area contributed by atoms with Crippen molar-refractivity contribution in [3.8, 4) is 5.75 Å². The van der Waals surface area contributed by atoms with Crippen LogP contribution in [0.4, 0.5) is 0 Å². The van der Waals surface area contributed by atoms with Crippen molar-refractivity contribution in [2.45, 2.75) is 19.1 Å². The highest BCUT2D eigenvalue weighted by Crippen LogP contribution is 2.31. The Morgan fingerprint density at radius 2 is 2.32 bits per heavy atom. The van der Waals surface area contributed by atoms with E-state index in [2.05, 4.69) is 9.97 Å². The number of rotatable bonds is 3. The fourth-order valence-electron chi connectivity index (χ4n) is 2.90. The Balaban J connectivity index is 1.50. The minimum Gasteiger partial charge on any atom is -0.480 e. The van der Waals surface area contributed by atoms with Crippen molar-refractivity contribution in [1.82, 2.24) is 14.9 Å². The van der Waals surface area contributed by atoms with Gasteiger partial charge in [-0.25, -0.2) is 4.98 Å². The summed E-state index contributed by atoms with van der Waals surface area (Å²) in [5, 5.41) is 2.44. The van der Waals surface area contributed by atoms with E-state index >= 15 is 0 Å². The smallest absolute Gasteiger partial charge is 0.268 e. The molecule has 0 bridgehead atoms. The van der Waals surface area contributed by atoms with Gasteiger partial charge in [-0.15, -0.1) is 11.3 Å². The van der Waals surface area contributed by atoms with E-state index in [9.17, 15) is 9.59 Å². The first-order valence-electron chi connectivity index (χ1n) is 7.68. The second-order valence-corrected chi connectivity index (χ2v) is 7.26. The summed E-state index contributed by atoms with van der Waals surface area (Å²) in [7, 11) is 1.67. The van der Waals surface area contributed by atoms with Crippen LogP contribution in [0, 0.1) is 0 Å². The molecule has 1 aromatic carbocycles. The molecule has 0 aliphatic carbocycles. The van der Waals surface area contributed by atoms with Crippen molar-refractivity contribution >= 4 is 39.1 Å². The summed E-state index contributed by atoms with van der Waals surface area (Å²) in [5.41, 5.74) is 1.38. The molecule has 0 radical (unpaired) electrons. The van der Waals surface area contributed by atoms with Gasteiger partial charge in [-0.1, -0.05) is 11.6 Å². The number of H-pyrrole nitrogens is 1. The molecule has 25 heavy (non-hydrogen) atoms. The Bertz CT molecular complexity index is 1030. The van der Waals surface area contributed by atoms with Crippen molar-refractivity contribution in [2.24, 2.45) is 0 Å². The number of hydrogen-bond donors (Lipinski definition) is 1. The van der Waals surface area contributed by atoms with Gasteiger partial charge in [-0.3, -0.25) is 9.59 Å². The molecule has 1 N–H and O–H groups in total. The number of hydrogen-bond acceptors (Lipinski definition) is 5. The third-order valence-corrected chi connectivity index (χ3v) is 5.24. The van der Waals surface area contributed by atoms with E-state index < -0.39 is 6.10 Å². The van der Waals surface area contributed by atoms with Crippen LogP contribution in [0.1, 0.15) is 11.4 Å². The van der Waals surface area contributed by atoms with Crippen molar-refractivity contribution in [3.05, 3.63) is 56.4 Å². The summed E-state index contributed by atoms with van der Waals surface area (Å²) in [5.74, 6) is 0.966. The van der Waals surface area contributed by atoms with Crippen LogP contribution < -0.4 is 10.3 Å². The molecule has 6 nitrogen and oxygen atoms in total. The van der Waals surface area contributed by atoms with E-state index in [-0.39, 0.29) is 18.0 Å². The van der Waals surface area contributed by atoms with Crippen LogP contribution in [0.5, 0.6) is 5.75 Å². The second-order valence-electron chi connectivity index (χ2n) is 5.90. The number of likely N-dealkylation sites (N-methyl/N-ethyl adjacent to an activating group) is 1. The van der Waals surface area contributed by atoms with Gasteiger partial charge in [0.2, 0.25) is 0 Å². The number of nitrogens with one attached hydrogen (secondary N) is 1. The molecular formula is C17H14ClN3O3S. The largest absolute Gasteiger partial charge is 0.480 e. The van der Waals surface area contributed by atoms with Crippen LogP contribution in [0.3, 0.4) is 0 Å². The molecule has 1 amide bonds. The first-order valence-corrected chi connectivity index (χ1v) is 8.93. The summed E-state index contributed by atoms with van der Waals surface area (Å²) in [6, 6.07) is 7.12. The lowest BCUT2D eigenvalue weighted by atomic mass is 10.1. The highest BCUT2D eigenvalue weighted by atomic mass is 35.5. The van der Waals surface area contributed by atoms with Crippen LogP contribution >= 0.6 is 22.9 Å². The van der Waals surface area contributed by atoms with Crippen LogP contribution in [0.15, 0.2) is 34.4 Å². The maximum absolute atomic E-state index is 12.7. The number of carbonyl (C=O) groups excluding carboxylic acids is 1. The molecule has 1 aliphatic heterocycles. The summed E-state index contributed by atoms with van der Waals surface area (Å²) in [6.45, 7) is 0.205. The van der Waals surface area contributed by atoms with E-state index in [1.807, 2.05) is 11.4 Å². The number of carbonyl (C=O) groups is 1. The summed E-state index contributed by atoms with van der Waals surface area (Å²) in [6.07, 6.45) is -0.109. The molecule has 0 spiro atoms. The molecule has 2 aromatic heterocycles. The summed E-state index contributed by atoms with van der Waals surface area (Å²) < 4.78 is 6.31. The van der Waals surface area contributed by atoms with E-state index in [4.69, 9.17) is 16.3 Å². The van der Waals surface area contributed by atoms with Gasteiger partial charge < -0.3 is 14.6 Å². The number of amides is 1. The van der Waals surface area contributed by atoms with Crippen LogP contribution in [-0.2, 0) is 17.8 Å². The molecule has 8 heteroatoms. The number of thiophene rings is 1. The fourth-order valence-corrected chi connectivity index (χ4v) is 3.82. The Morgan fingerprint density at radius 3 is 3.16 bits per heavy atom. The van der Waals surface area contributed by atoms with Crippen molar-refractivity contribution in [2.75, 3.05) is 7.05 Å². The molecule has 4 rings (SSSR count). The maximum Gasteiger partial charge on any atom is 0.268 e. The molecular weight excluding hydrogens is 362 g/mol. The summed E-state index contributed by atoms with van der Waals surface area (Å²) >= 11 is 7.33. The van der Waals surface area contributed by atoms with Gasteiger partial charge in [-0.05, 0) is 35.2 Å². The zero-order valence-corrected chi connectivity index (χ0v) is 14.9. The number of nitrogens with zero attached hydrogens (tertiary/aromatic N) is 2. The van der Waals surface area contributed by atoms with E-state index in [0.717, 1.165) is 5.56 Å². The van der Waals surface area contributed by atoms with Gasteiger partial charge in [-0.2, -0.15) is 0 Å². The number of aromatic nitrogens is 2. The molecule has 3 heterocycles. The predicted octanol–water partition coefficient (Wildman–Crippen LogP) is 2.60. The maximum atomic E-state index is 12.7. The third-order valence-electron chi connectivity index (χ3n) is 4.10. The third kappa shape index (κ3) is 3.01. The molecule has 0 saturated heterocycles. The zero-order valence-electron chi connectivity index (χ0n) is 13.3. The fraction of sp³-hybridized carbons (Fsp3) is 0.235. The number of fused-ring (bicyclic) bond motifs is 2. The number of ether oxygens (including phenoxy) is 1. The average Bonchev–Trinajstić information content (AvgIpc) is 3.20. The Labute approximate surface area is 152 Å². The van der Waals surface area contributed by atoms with Gasteiger partial charge >= 0.3 is 0 Å². The molecule has 1 aliphatic rings. The zero-order chi connectivity index (χ0) is 17.6. The lowest BCUT2D eigenvalue weighted by Gasteiger charge is -2.20. The molecule has 0 saturated carbocycles. The predicted molar refractivity (Wildman–Crippen MR) is 96.3 cm³/mol. The Hall–Kier alpha value is -2.38. The van der Waals surface area contributed by atoms with Crippen LogP contribution in [0.25, 0.3) is 10.2 Å². The molecule has 0 fully saturated rings. The van der Waals surface area contributed by atoms with Gasteiger partial charge in [0.25, 0.3) is 11.5 Å². The van der Waals surface area contributed by atoms with Gasteiger partial charge in [0.1, 0.15) is 16.3 Å². The van der Waals surface area contributed by atoms with E-state index in [1.54, 1.807) is 25.2 Å². The highest BCUT2D eigenvalue weighted by molar-refractivity contribution is 7.17. The lowest BCUT2D eigenvalue weighted by molar-refractivity contribution is -0.137. The highest BCUT2D eigenvalue weighted by Gasteiger charge is 2.31. The van der Waals surface area contributed by atoms with Crippen LogP contribution in [-0.4, -0.2) is 33.9 Å². The molecule has 1 atom stereocenters. The average molecular weight is 376 g/mol. The topological polar surface area (TPSA) is 75.3 Å². The van der Waals surface area contributed by atoms with Crippen molar-refractivity contribution in [3.63, 3.8) is 0 Å². The summed E-state index contributed by atoms with van der Waals surface area (Å²) in [4.78, 5) is 33.3. The van der Waals surface area contributed by atoms with E-state index in [1.165, 1.54) is 16.2 Å². The number of halogens is 1. The SMILES string of the molecule is CN(Cc1nc2ccsc2c(=O)[nH]1)C(=O)C1Cc2cc(Cl)ccc2O1.